The van der Waals surface area contributed by atoms with Gasteiger partial charge in [-0.15, -0.1) is 0 Å². The van der Waals surface area contributed by atoms with Gasteiger partial charge in [0.1, 0.15) is 6.54 Å². The van der Waals surface area contributed by atoms with E-state index in [0.717, 1.165) is 33.8 Å². The second-order valence-corrected chi connectivity index (χ2v) is 8.96. The number of fused-ring (bicyclic) bond motifs is 1. The summed E-state index contributed by atoms with van der Waals surface area (Å²) >= 11 is 6.14. The van der Waals surface area contributed by atoms with E-state index < -0.39 is 10.0 Å². The molecule has 1 heterocycles. The van der Waals surface area contributed by atoms with E-state index in [2.05, 4.69) is 0 Å². The van der Waals surface area contributed by atoms with Crippen LogP contribution in [0, 0.1) is 6.92 Å². The molecule has 1 aliphatic heterocycles. The van der Waals surface area contributed by atoms with Crippen molar-refractivity contribution < 1.29 is 13.2 Å². The minimum atomic E-state index is -3.64. The highest BCUT2D eigenvalue weighted by Crippen LogP contribution is 2.32. The molecule has 138 valence electrons. The van der Waals surface area contributed by atoms with Gasteiger partial charge in [0, 0.05) is 16.8 Å². The highest BCUT2D eigenvalue weighted by Gasteiger charge is 2.33. The van der Waals surface area contributed by atoms with Crippen LogP contribution in [0.5, 0.6) is 0 Å². The van der Waals surface area contributed by atoms with Crippen LogP contribution < -0.4 is 9.21 Å². The summed E-state index contributed by atoms with van der Waals surface area (Å²) in [5, 5.41) is 0.462. The number of rotatable bonds is 4. The van der Waals surface area contributed by atoms with Gasteiger partial charge in [0.05, 0.1) is 11.9 Å². The normalized spacial score (nSPS) is 16.5. The van der Waals surface area contributed by atoms with Crippen molar-refractivity contribution in [1.82, 2.24) is 0 Å². The van der Waals surface area contributed by atoms with Crippen LogP contribution >= 0.6 is 11.6 Å². The summed E-state index contributed by atoms with van der Waals surface area (Å²) < 4.78 is 25.7. The van der Waals surface area contributed by atoms with E-state index in [1.165, 1.54) is 0 Å². The summed E-state index contributed by atoms with van der Waals surface area (Å²) in [5.41, 5.74) is 3.17. The second kappa shape index (κ2) is 6.93. The summed E-state index contributed by atoms with van der Waals surface area (Å²) in [4.78, 5) is 14.7. The van der Waals surface area contributed by atoms with Crippen LogP contribution in [0.2, 0.25) is 5.02 Å². The lowest BCUT2D eigenvalue weighted by Gasteiger charge is -2.28. The van der Waals surface area contributed by atoms with Crippen LogP contribution in [0.4, 0.5) is 11.4 Å². The minimum Gasteiger partial charge on any atom is -0.307 e. The maximum absolute atomic E-state index is 13.0. The highest BCUT2D eigenvalue weighted by atomic mass is 35.5. The lowest BCUT2D eigenvalue weighted by molar-refractivity contribution is -0.117. The first-order valence-electron chi connectivity index (χ1n) is 8.32. The Morgan fingerprint density at radius 1 is 1.27 bits per heavy atom. The Balaban J connectivity index is 1.93. The lowest BCUT2D eigenvalue weighted by atomic mass is 10.1. The Hall–Kier alpha value is -2.05. The molecule has 1 amide bonds. The fourth-order valence-corrected chi connectivity index (χ4v) is 4.30. The van der Waals surface area contributed by atoms with Gasteiger partial charge in [-0.1, -0.05) is 35.9 Å². The molecule has 0 aromatic heterocycles. The lowest BCUT2D eigenvalue weighted by Crippen LogP contribution is -2.45. The van der Waals surface area contributed by atoms with E-state index in [1.807, 2.05) is 38.1 Å². The summed E-state index contributed by atoms with van der Waals surface area (Å²) in [7, 11) is -3.64. The standard InChI is InChI=1S/C19H21ClN2O3S/c1-13-8-9-16(11-17(13)20)21(26(3,24)25)12-19(23)22-14(2)10-15-6-4-5-7-18(15)22/h4-9,11,14H,10,12H2,1-3H3/t14-/m1/s1. The number of halogens is 1. The molecule has 0 aliphatic carbocycles. The number of hydrogen-bond donors (Lipinski definition) is 0. The van der Waals surface area contributed by atoms with Crippen molar-refractivity contribution in [3.8, 4) is 0 Å². The van der Waals surface area contributed by atoms with Crippen molar-refractivity contribution in [2.24, 2.45) is 0 Å². The Kier molecular flexibility index (Phi) is 4.99. The molecule has 0 bridgehead atoms. The molecule has 2 aromatic carbocycles. The Bertz CT molecular complexity index is 959. The van der Waals surface area contributed by atoms with E-state index in [0.29, 0.717) is 10.7 Å². The first-order chi connectivity index (χ1) is 12.2. The van der Waals surface area contributed by atoms with Gasteiger partial charge in [-0.05, 0) is 49.6 Å². The number of benzene rings is 2. The van der Waals surface area contributed by atoms with E-state index in [4.69, 9.17) is 11.6 Å². The Morgan fingerprint density at radius 3 is 2.62 bits per heavy atom. The van der Waals surface area contributed by atoms with Gasteiger partial charge < -0.3 is 4.90 Å². The van der Waals surface area contributed by atoms with Crippen molar-refractivity contribution in [1.29, 1.82) is 0 Å². The first kappa shape index (κ1) is 18.7. The van der Waals surface area contributed by atoms with E-state index in [1.54, 1.807) is 23.1 Å². The molecule has 0 radical (unpaired) electrons. The smallest absolute Gasteiger partial charge is 0.248 e. The molecule has 0 fully saturated rings. The predicted molar refractivity (Wildman–Crippen MR) is 105 cm³/mol. The predicted octanol–water partition coefficient (Wildman–Crippen LogP) is 3.39. The van der Waals surface area contributed by atoms with E-state index in [9.17, 15) is 13.2 Å². The third kappa shape index (κ3) is 3.57. The fraction of sp³-hybridized carbons (Fsp3) is 0.316. The van der Waals surface area contributed by atoms with Gasteiger partial charge in [0.15, 0.2) is 0 Å². The van der Waals surface area contributed by atoms with Gasteiger partial charge in [-0.3, -0.25) is 9.10 Å². The summed E-state index contributed by atoms with van der Waals surface area (Å²) in [6, 6.07) is 12.7. The largest absolute Gasteiger partial charge is 0.307 e. The van der Waals surface area contributed by atoms with E-state index in [-0.39, 0.29) is 18.5 Å². The zero-order valence-corrected chi connectivity index (χ0v) is 16.5. The number of amides is 1. The first-order valence-corrected chi connectivity index (χ1v) is 10.5. The maximum Gasteiger partial charge on any atom is 0.248 e. The van der Waals surface area contributed by atoms with Gasteiger partial charge in [-0.2, -0.15) is 0 Å². The molecular formula is C19H21ClN2O3S. The van der Waals surface area contributed by atoms with Gasteiger partial charge in [0.2, 0.25) is 15.9 Å². The number of carbonyl (C=O) groups is 1. The molecule has 0 spiro atoms. The summed E-state index contributed by atoms with van der Waals surface area (Å²) in [6.07, 6.45) is 1.85. The fourth-order valence-electron chi connectivity index (χ4n) is 3.28. The molecular weight excluding hydrogens is 372 g/mol. The molecule has 0 N–H and O–H groups in total. The summed E-state index contributed by atoms with van der Waals surface area (Å²) in [6.45, 7) is 3.53. The second-order valence-electron chi connectivity index (χ2n) is 6.65. The molecule has 3 rings (SSSR count). The van der Waals surface area contributed by atoms with E-state index >= 15 is 0 Å². The molecule has 5 nitrogen and oxygen atoms in total. The molecule has 0 saturated heterocycles. The molecule has 1 aliphatic rings. The molecule has 26 heavy (non-hydrogen) atoms. The Labute approximate surface area is 159 Å². The number of anilines is 2. The molecule has 0 saturated carbocycles. The van der Waals surface area contributed by atoms with Crippen molar-refractivity contribution >= 4 is 38.9 Å². The zero-order chi connectivity index (χ0) is 19.1. The van der Waals surface area contributed by atoms with Crippen LogP contribution in [0.15, 0.2) is 42.5 Å². The maximum atomic E-state index is 13.0. The number of sulfonamides is 1. The van der Waals surface area contributed by atoms with Crippen LogP contribution in [0.3, 0.4) is 0 Å². The van der Waals surface area contributed by atoms with Crippen LogP contribution in [0.1, 0.15) is 18.1 Å². The van der Waals surface area contributed by atoms with Gasteiger partial charge >= 0.3 is 0 Å². The van der Waals surface area contributed by atoms with Gasteiger partial charge in [-0.25, -0.2) is 8.42 Å². The van der Waals surface area contributed by atoms with Crippen LogP contribution in [-0.4, -0.2) is 33.2 Å². The topological polar surface area (TPSA) is 57.7 Å². The molecule has 7 heteroatoms. The van der Waals surface area contributed by atoms with Crippen molar-refractivity contribution in [2.45, 2.75) is 26.3 Å². The Morgan fingerprint density at radius 2 is 1.96 bits per heavy atom. The number of carbonyl (C=O) groups excluding carboxylic acids is 1. The molecule has 1 atom stereocenters. The van der Waals surface area contributed by atoms with Crippen molar-refractivity contribution in [3.05, 3.63) is 58.6 Å². The minimum absolute atomic E-state index is 0.0112. The highest BCUT2D eigenvalue weighted by molar-refractivity contribution is 7.92. The molecule has 2 aromatic rings. The number of aryl methyl sites for hydroxylation is 1. The number of hydrogen-bond acceptors (Lipinski definition) is 3. The third-order valence-corrected chi connectivity index (χ3v) is 6.15. The van der Waals surface area contributed by atoms with Crippen LogP contribution in [-0.2, 0) is 21.2 Å². The van der Waals surface area contributed by atoms with Crippen molar-refractivity contribution in [3.63, 3.8) is 0 Å². The van der Waals surface area contributed by atoms with Crippen LogP contribution in [0.25, 0.3) is 0 Å². The van der Waals surface area contributed by atoms with Gasteiger partial charge in [0.25, 0.3) is 0 Å². The molecule has 0 unspecified atom stereocenters. The average Bonchev–Trinajstić information content (AvgIpc) is 2.90. The third-order valence-electron chi connectivity index (χ3n) is 4.60. The summed E-state index contributed by atoms with van der Waals surface area (Å²) in [5.74, 6) is -0.260. The quantitative estimate of drug-likeness (QED) is 0.801. The zero-order valence-electron chi connectivity index (χ0n) is 14.9. The number of nitrogens with zero attached hydrogens (tertiary/aromatic N) is 2. The number of para-hydroxylation sites is 1. The average molecular weight is 393 g/mol. The monoisotopic (exact) mass is 392 g/mol. The van der Waals surface area contributed by atoms with Crippen molar-refractivity contribution in [2.75, 3.05) is 22.0 Å². The SMILES string of the molecule is Cc1ccc(N(CC(=O)N2c3ccccc3C[C@H]2C)S(C)(=O)=O)cc1Cl.